The molecule has 1 N–H and O–H groups in total. The molecule has 0 unspecified atom stereocenters. The van der Waals surface area contributed by atoms with Crippen LogP contribution in [0.4, 0.5) is 13.2 Å². The van der Waals surface area contributed by atoms with E-state index in [9.17, 15) is 18.0 Å². The number of rotatable bonds is 5. The van der Waals surface area contributed by atoms with Gasteiger partial charge in [0, 0.05) is 0 Å². The van der Waals surface area contributed by atoms with Crippen LogP contribution in [-0.2, 0) is 4.79 Å². The average molecular weight is 424 g/mol. The molecule has 0 aliphatic rings. The van der Waals surface area contributed by atoms with E-state index in [4.69, 9.17) is 11.2 Å². The summed E-state index contributed by atoms with van der Waals surface area (Å²) in [4.78, 5) is 11.7. The van der Waals surface area contributed by atoms with Gasteiger partial charge in [0.25, 0.3) is 0 Å². The Morgan fingerprint density at radius 2 is 1.07 bits per heavy atom. The van der Waals surface area contributed by atoms with Gasteiger partial charge in [-0.05, 0) is 0 Å². The third-order valence-corrected chi connectivity index (χ3v) is 11.7. The molecule has 0 atom stereocenters. The minimum atomic E-state index is -4.99. The summed E-state index contributed by atoms with van der Waals surface area (Å²) in [5.41, 5.74) is 0. The Balaban J connectivity index is 2.29. The number of carbonyl (C=O) groups is 1. The molecular formula is C21H18ClF3NOP. The van der Waals surface area contributed by atoms with E-state index in [0.717, 1.165) is 0 Å². The van der Waals surface area contributed by atoms with E-state index in [1.807, 2.05) is 18.2 Å². The Morgan fingerprint density at radius 1 is 0.750 bits per heavy atom. The van der Waals surface area contributed by atoms with E-state index in [1.165, 1.54) is 0 Å². The molecule has 146 valence electrons. The third kappa shape index (κ3) is 3.52. The van der Waals surface area contributed by atoms with E-state index in [1.54, 1.807) is 72.8 Å². The van der Waals surface area contributed by atoms with Gasteiger partial charge in [0.2, 0.25) is 0 Å². The summed E-state index contributed by atoms with van der Waals surface area (Å²) in [6, 6.07) is 26.9. The summed E-state index contributed by atoms with van der Waals surface area (Å²) in [5, 5.41) is 4.09. The van der Waals surface area contributed by atoms with E-state index in [-0.39, 0.29) is 6.29 Å². The van der Waals surface area contributed by atoms with Gasteiger partial charge in [0.1, 0.15) is 0 Å². The summed E-state index contributed by atoms with van der Waals surface area (Å²) in [7, 11) is 0. The van der Waals surface area contributed by atoms with Crippen LogP contribution in [0.2, 0.25) is 0 Å². The summed E-state index contributed by atoms with van der Waals surface area (Å²) in [6.45, 7) is 0. The molecule has 1 amide bonds. The van der Waals surface area contributed by atoms with Crippen LogP contribution < -0.4 is 21.2 Å². The normalized spacial score (nSPS) is 13.4. The number of amides is 1. The van der Waals surface area contributed by atoms with Crippen LogP contribution >= 0.6 is 17.2 Å². The van der Waals surface area contributed by atoms with Crippen molar-refractivity contribution in [2.45, 2.75) is 6.18 Å². The summed E-state index contributed by atoms with van der Waals surface area (Å²) in [5.74, 6) is -5.95. The molecule has 2 nitrogen and oxygen atoms in total. The Hall–Kier alpha value is -2.36. The van der Waals surface area contributed by atoms with Gasteiger partial charge in [-0.25, -0.2) is 0 Å². The summed E-state index contributed by atoms with van der Waals surface area (Å²) < 4.78 is 38.7. The van der Waals surface area contributed by atoms with Gasteiger partial charge in [-0.2, -0.15) is 0 Å². The van der Waals surface area contributed by atoms with Gasteiger partial charge in [0.05, 0.1) is 0 Å². The number of halogens is 4. The van der Waals surface area contributed by atoms with Crippen molar-refractivity contribution in [1.82, 2.24) is 5.32 Å². The van der Waals surface area contributed by atoms with Crippen LogP contribution in [0.3, 0.4) is 0 Å². The first-order valence-electron chi connectivity index (χ1n) is 8.51. The second kappa shape index (κ2) is 7.57. The van der Waals surface area contributed by atoms with Crippen molar-refractivity contribution < 1.29 is 18.0 Å². The van der Waals surface area contributed by atoms with Crippen molar-refractivity contribution in [3.63, 3.8) is 0 Å². The first-order chi connectivity index (χ1) is 13.3. The molecule has 0 heterocycles. The van der Waals surface area contributed by atoms with Crippen molar-refractivity contribution in [2.75, 3.05) is 6.29 Å². The number of nitrogens with one attached hydrogen (secondary N) is 1. The van der Waals surface area contributed by atoms with E-state index in [2.05, 4.69) is 5.32 Å². The number of alkyl halides is 3. The molecule has 0 aliphatic heterocycles. The second-order valence-electron chi connectivity index (χ2n) is 6.35. The van der Waals surface area contributed by atoms with Gasteiger partial charge in [-0.15, -0.1) is 0 Å². The Labute approximate surface area is 166 Å². The van der Waals surface area contributed by atoms with Crippen LogP contribution in [0.5, 0.6) is 0 Å². The predicted octanol–water partition coefficient (Wildman–Crippen LogP) is 4.31. The number of hydrogen-bond acceptors (Lipinski definition) is 1. The zero-order chi connectivity index (χ0) is 20.3. The van der Waals surface area contributed by atoms with Gasteiger partial charge in [-0.1, -0.05) is 0 Å². The maximum absolute atomic E-state index is 12.9. The quantitative estimate of drug-likeness (QED) is 0.609. The summed E-state index contributed by atoms with van der Waals surface area (Å²) in [6.07, 6.45) is -5.35. The molecular weight excluding hydrogens is 406 g/mol. The molecule has 0 saturated carbocycles. The molecule has 3 aromatic carbocycles. The van der Waals surface area contributed by atoms with Crippen molar-refractivity contribution in [1.29, 1.82) is 0 Å². The first kappa shape index (κ1) is 20.4. The number of carbonyl (C=O) groups excluding carboxylic acids is 1. The van der Waals surface area contributed by atoms with E-state index < -0.39 is 18.0 Å². The topological polar surface area (TPSA) is 29.1 Å². The molecule has 0 saturated heterocycles. The van der Waals surface area contributed by atoms with E-state index in [0.29, 0.717) is 15.9 Å². The Morgan fingerprint density at radius 3 is 1.36 bits per heavy atom. The molecule has 0 fully saturated rings. The SMILES string of the molecule is O=C(NCP(Cl)(c1ccccc1)(c1ccccc1)c1ccccc1)C(F)(F)F. The molecule has 0 bridgehead atoms. The summed E-state index contributed by atoms with van der Waals surface area (Å²) >= 11 is 7.52. The van der Waals surface area contributed by atoms with E-state index >= 15 is 0 Å². The van der Waals surface area contributed by atoms with Crippen LogP contribution in [0.25, 0.3) is 0 Å². The van der Waals surface area contributed by atoms with Gasteiger partial charge in [-0.3, -0.25) is 0 Å². The average Bonchev–Trinajstić information content (AvgIpc) is 2.73. The van der Waals surface area contributed by atoms with Crippen molar-refractivity contribution in [3.8, 4) is 0 Å². The molecule has 0 aliphatic carbocycles. The second-order valence-corrected chi connectivity index (χ2v) is 12.8. The van der Waals surface area contributed by atoms with Crippen LogP contribution in [0.15, 0.2) is 91.0 Å². The zero-order valence-electron chi connectivity index (χ0n) is 14.7. The molecule has 0 aromatic heterocycles. The van der Waals surface area contributed by atoms with Crippen molar-refractivity contribution in [2.24, 2.45) is 0 Å². The monoisotopic (exact) mass is 423 g/mol. The van der Waals surface area contributed by atoms with Gasteiger partial charge >= 0.3 is 166 Å². The molecule has 7 heteroatoms. The number of hydrogen-bond donors (Lipinski definition) is 1. The molecule has 0 radical (unpaired) electrons. The van der Waals surface area contributed by atoms with Crippen molar-refractivity contribution >= 4 is 39.0 Å². The number of benzene rings is 3. The predicted molar refractivity (Wildman–Crippen MR) is 110 cm³/mol. The Kier molecular flexibility index (Phi) is 5.51. The van der Waals surface area contributed by atoms with Crippen LogP contribution in [-0.4, -0.2) is 18.4 Å². The molecule has 0 spiro atoms. The zero-order valence-corrected chi connectivity index (χ0v) is 16.4. The third-order valence-electron chi connectivity index (χ3n) is 4.68. The van der Waals surface area contributed by atoms with Crippen LogP contribution in [0.1, 0.15) is 0 Å². The standard InChI is InChI=1S/C21H18ClF3NOP/c22-28(17-10-4-1-5-11-17,18-12-6-2-7-13-18,19-14-8-3-9-15-19)16-26-20(27)21(23,24)25/h1-15H,16H2,(H,26,27). The Bertz CT molecular complexity index is 850. The minimum absolute atomic E-state index is 0.358. The fraction of sp³-hybridized carbons (Fsp3) is 0.0952. The van der Waals surface area contributed by atoms with Gasteiger partial charge < -0.3 is 0 Å². The first-order valence-corrected chi connectivity index (χ1v) is 11.8. The van der Waals surface area contributed by atoms with Crippen LogP contribution in [0, 0.1) is 0 Å². The van der Waals surface area contributed by atoms with Crippen molar-refractivity contribution in [3.05, 3.63) is 91.0 Å². The molecule has 3 rings (SSSR count). The molecule has 3 aromatic rings. The maximum atomic E-state index is 12.9. The molecule has 28 heavy (non-hydrogen) atoms. The fourth-order valence-electron chi connectivity index (χ4n) is 3.26. The fourth-order valence-corrected chi connectivity index (χ4v) is 8.72. The van der Waals surface area contributed by atoms with Gasteiger partial charge in [0.15, 0.2) is 0 Å².